The van der Waals surface area contributed by atoms with Crippen LogP contribution in [0.2, 0.25) is 5.02 Å². The number of aryl methyl sites for hydroxylation is 1. The molecule has 1 aromatic heterocycles. The molecule has 56 heavy (non-hydrogen) atoms. The highest BCUT2D eigenvalue weighted by molar-refractivity contribution is 6.33. The smallest absolute Gasteiger partial charge is 0.417 e. The minimum atomic E-state index is -4.61. The third-order valence-corrected chi connectivity index (χ3v) is 9.74. The first-order valence-corrected chi connectivity index (χ1v) is 19.2. The number of ether oxygens (including phenoxy) is 3. The van der Waals surface area contributed by atoms with Gasteiger partial charge in [0.1, 0.15) is 12.4 Å². The zero-order chi connectivity index (χ0) is 42.6. The lowest BCUT2D eigenvalue weighted by Crippen LogP contribution is -2.54. The Morgan fingerprint density at radius 3 is 2.14 bits per heavy atom. The molecule has 0 radical (unpaired) electrons. The van der Waals surface area contributed by atoms with Crippen molar-refractivity contribution in [3.8, 4) is 0 Å². The standard InChI is InChI=1S/C30H45ClF3N5O7.C7H8.C3H8/c1-8-17(2)26(38(4)24(41)15-36-28-20(31)12-19(14-35-28)30(32,33)34)22(44-5)13-23(40)39-11-9-10-21(39)27(46-7)18(3)29(43)37-16-25(42)45-6;1-7-5-3-2-4-6-7;1-3-2/h12,14,17-18,21-22,26-27H,8-11,13,15-16H2,1-7H3,(H,35,36)(H,37,43);2-6H,1H3;3H2,1-2H3. The molecule has 0 bridgehead atoms. The first-order chi connectivity index (χ1) is 26.4. The zero-order valence-corrected chi connectivity index (χ0v) is 35.1. The molecule has 6 atom stereocenters. The van der Waals surface area contributed by atoms with Crippen LogP contribution in [-0.2, 0) is 39.6 Å². The van der Waals surface area contributed by atoms with Gasteiger partial charge in [-0.05, 0) is 31.7 Å². The van der Waals surface area contributed by atoms with Gasteiger partial charge in [-0.15, -0.1) is 0 Å². The molecule has 0 spiro atoms. The Kier molecular flexibility index (Phi) is 22.6. The Morgan fingerprint density at radius 2 is 1.66 bits per heavy atom. The SMILES string of the molecule is CCC.CCC(C)C(C(CC(=O)N1CCCC1C(OC)C(C)C(=O)NCC(=O)OC)OC)N(C)C(=O)CNc1ncc(C(F)(F)F)cc1Cl.Cc1ccccc1. The number of likely N-dealkylation sites (N-methyl/N-ethyl adjacent to an activating group) is 1. The number of benzene rings is 1. The molecule has 6 unspecified atom stereocenters. The summed E-state index contributed by atoms with van der Waals surface area (Å²) in [5.74, 6) is -2.50. The van der Waals surface area contributed by atoms with Gasteiger partial charge in [-0.1, -0.05) is 95.0 Å². The third-order valence-electron chi connectivity index (χ3n) is 9.46. The van der Waals surface area contributed by atoms with E-state index in [1.807, 2.05) is 32.0 Å². The summed E-state index contributed by atoms with van der Waals surface area (Å²) in [4.78, 5) is 58.1. The first kappa shape index (κ1) is 50.1. The van der Waals surface area contributed by atoms with E-state index in [2.05, 4.69) is 53.3 Å². The van der Waals surface area contributed by atoms with Crippen molar-refractivity contribution in [2.24, 2.45) is 11.8 Å². The van der Waals surface area contributed by atoms with Gasteiger partial charge in [-0.25, -0.2) is 4.98 Å². The van der Waals surface area contributed by atoms with E-state index in [1.165, 1.54) is 38.2 Å². The van der Waals surface area contributed by atoms with Crippen LogP contribution in [0.4, 0.5) is 19.0 Å². The van der Waals surface area contributed by atoms with Gasteiger partial charge in [0, 0.05) is 34.0 Å². The predicted molar refractivity (Wildman–Crippen MR) is 211 cm³/mol. The van der Waals surface area contributed by atoms with E-state index in [9.17, 15) is 32.3 Å². The molecule has 12 nitrogen and oxygen atoms in total. The number of alkyl halides is 3. The van der Waals surface area contributed by atoms with Gasteiger partial charge >= 0.3 is 12.1 Å². The number of halogens is 4. The minimum Gasteiger partial charge on any atom is -0.468 e. The fourth-order valence-corrected chi connectivity index (χ4v) is 6.49. The number of pyridine rings is 1. The van der Waals surface area contributed by atoms with Crippen molar-refractivity contribution in [1.29, 1.82) is 0 Å². The lowest BCUT2D eigenvalue weighted by Gasteiger charge is -2.39. The highest BCUT2D eigenvalue weighted by atomic mass is 35.5. The van der Waals surface area contributed by atoms with Crippen LogP contribution in [-0.4, -0.2) is 111 Å². The summed E-state index contributed by atoms with van der Waals surface area (Å²) >= 11 is 5.98. The summed E-state index contributed by atoms with van der Waals surface area (Å²) in [6.45, 7) is 11.7. The highest BCUT2D eigenvalue weighted by Gasteiger charge is 2.42. The summed E-state index contributed by atoms with van der Waals surface area (Å²) in [7, 11) is 5.73. The van der Waals surface area contributed by atoms with Crippen LogP contribution in [0, 0.1) is 18.8 Å². The Balaban J connectivity index is 0.00000137. The molecule has 1 saturated heterocycles. The molecule has 3 rings (SSSR count). The summed E-state index contributed by atoms with van der Waals surface area (Å²) in [6, 6.07) is 10.1. The number of hydrogen-bond donors (Lipinski definition) is 2. The summed E-state index contributed by atoms with van der Waals surface area (Å²) < 4.78 is 55.0. The maximum absolute atomic E-state index is 13.8. The van der Waals surface area contributed by atoms with Crippen molar-refractivity contribution in [2.45, 2.75) is 104 Å². The number of likely N-dealkylation sites (tertiary alicyclic amines) is 1. The molecule has 2 heterocycles. The third kappa shape index (κ3) is 15.9. The van der Waals surface area contributed by atoms with Gasteiger partial charge in [0.25, 0.3) is 0 Å². The molecule has 1 aromatic carbocycles. The Hall–Kier alpha value is -3.95. The Labute approximate surface area is 335 Å². The Morgan fingerprint density at radius 1 is 1.04 bits per heavy atom. The normalized spacial score (nSPS) is 16.4. The molecule has 16 heteroatoms. The lowest BCUT2D eigenvalue weighted by atomic mass is 9.90. The van der Waals surface area contributed by atoms with E-state index in [1.54, 1.807) is 18.9 Å². The minimum absolute atomic E-state index is 0.0568. The van der Waals surface area contributed by atoms with Gasteiger partial charge in [-0.3, -0.25) is 19.2 Å². The van der Waals surface area contributed by atoms with Gasteiger partial charge in [-0.2, -0.15) is 13.2 Å². The largest absolute Gasteiger partial charge is 0.468 e. The van der Waals surface area contributed by atoms with E-state index in [0.717, 1.165) is 6.07 Å². The molecule has 316 valence electrons. The number of esters is 1. The highest BCUT2D eigenvalue weighted by Crippen LogP contribution is 2.33. The summed E-state index contributed by atoms with van der Waals surface area (Å²) in [5, 5.41) is 4.95. The van der Waals surface area contributed by atoms with E-state index in [-0.39, 0.29) is 42.2 Å². The molecule has 2 aromatic rings. The molecule has 0 aliphatic carbocycles. The van der Waals surface area contributed by atoms with Crippen LogP contribution in [0.15, 0.2) is 42.6 Å². The van der Waals surface area contributed by atoms with Crippen LogP contribution in [0.5, 0.6) is 0 Å². The van der Waals surface area contributed by atoms with E-state index >= 15 is 0 Å². The number of carbonyl (C=O) groups is 4. The molecular formula is C40H61ClF3N5O7. The first-order valence-electron chi connectivity index (χ1n) is 18.8. The number of aromatic nitrogens is 1. The van der Waals surface area contributed by atoms with Crippen molar-refractivity contribution in [1.82, 2.24) is 20.1 Å². The van der Waals surface area contributed by atoms with Crippen molar-refractivity contribution in [3.05, 3.63) is 58.7 Å². The number of nitrogens with zero attached hydrogens (tertiary/aromatic N) is 3. The maximum atomic E-state index is 13.8. The molecule has 2 N–H and O–H groups in total. The number of nitrogens with one attached hydrogen (secondary N) is 2. The summed E-state index contributed by atoms with van der Waals surface area (Å²) in [6.07, 6.45) is -2.17. The van der Waals surface area contributed by atoms with E-state index in [4.69, 9.17) is 21.1 Å². The van der Waals surface area contributed by atoms with Crippen molar-refractivity contribution < 1.29 is 46.6 Å². The van der Waals surface area contributed by atoms with Crippen molar-refractivity contribution in [2.75, 3.05) is 53.3 Å². The second kappa shape index (κ2) is 25.3. The van der Waals surface area contributed by atoms with Crippen molar-refractivity contribution in [3.63, 3.8) is 0 Å². The summed E-state index contributed by atoms with van der Waals surface area (Å²) in [5.41, 5.74) is 0.312. The van der Waals surface area contributed by atoms with Gasteiger partial charge in [0.15, 0.2) is 0 Å². The van der Waals surface area contributed by atoms with Crippen LogP contribution in [0.1, 0.15) is 77.8 Å². The van der Waals surface area contributed by atoms with Crippen LogP contribution >= 0.6 is 11.6 Å². The quantitative estimate of drug-likeness (QED) is 0.176. The fourth-order valence-electron chi connectivity index (χ4n) is 6.26. The predicted octanol–water partition coefficient (Wildman–Crippen LogP) is 6.79. The van der Waals surface area contributed by atoms with E-state index < -0.39 is 59.7 Å². The number of rotatable bonds is 16. The van der Waals surface area contributed by atoms with Gasteiger partial charge in [0.05, 0.1) is 60.9 Å². The fraction of sp³-hybridized carbons (Fsp3) is 0.625. The zero-order valence-electron chi connectivity index (χ0n) is 34.4. The molecule has 1 aliphatic rings. The second-order valence-electron chi connectivity index (χ2n) is 13.7. The average molecular weight is 816 g/mol. The van der Waals surface area contributed by atoms with Crippen molar-refractivity contribution >= 4 is 41.1 Å². The molecular weight excluding hydrogens is 755 g/mol. The van der Waals surface area contributed by atoms with Gasteiger partial charge in [0.2, 0.25) is 17.7 Å². The van der Waals surface area contributed by atoms with E-state index in [0.29, 0.717) is 32.0 Å². The number of methoxy groups -OCH3 is 3. The maximum Gasteiger partial charge on any atom is 0.417 e. The monoisotopic (exact) mass is 815 g/mol. The number of carbonyl (C=O) groups excluding carboxylic acids is 4. The lowest BCUT2D eigenvalue weighted by molar-refractivity contribution is -0.146. The molecule has 1 aliphatic heterocycles. The topological polar surface area (TPSA) is 139 Å². The average Bonchev–Trinajstić information content (AvgIpc) is 3.66. The molecule has 1 fully saturated rings. The number of amides is 3. The molecule has 0 saturated carbocycles. The second-order valence-corrected chi connectivity index (χ2v) is 14.1. The van der Waals surface area contributed by atoms with Crippen LogP contribution in [0.25, 0.3) is 0 Å². The number of hydrogen-bond acceptors (Lipinski definition) is 9. The van der Waals surface area contributed by atoms with Crippen LogP contribution in [0.3, 0.4) is 0 Å². The Bertz CT molecular complexity index is 1500. The van der Waals surface area contributed by atoms with Gasteiger partial charge < -0.3 is 34.6 Å². The van der Waals surface area contributed by atoms with Crippen LogP contribution < -0.4 is 10.6 Å². The number of anilines is 1. The molecule has 3 amide bonds.